The summed E-state index contributed by atoms with van der Waals surface area (Å²) in [6.07, 6.45) is 0. The summed E-state index contributed by atoms with van der Waals surface area (Å²) in [6.45, 7) is -0.659. The van der Waals surface area contributed by atoms with Crippen molar-refractivity contribution in [3.63, 3.8) is 0 Å². The van der Waals surface area contributed by atoms with Gasteiger partial charge in [-0.15, -0.1) is 0 Å². The molecule has 0 bridgehead atoms. The highest BCUT2D eigenvalue weighted by Gasteiger charge is 2.11. The van der Waals surface area contributed by atoms with Crippen molar-refractivity contribution in [1.82, 2.24) is 9.72 Å². The third kappa shape index (κ3) is 1.81. The summed E-state index contributed by atoms with van der Waals surface area (Å²) >= 11 is 0. The Morgan fingerprint density at radius 2 is 2.07 bits per heavy atom. The molecule has 0 N–H and O–H groups in total. The highest BCUT2D eigenvalue weighted by Crippen LogP contribution is 2.14. The standard InChI is InChI=1S/C10H9FN2O2/c11-6-7-13-9(12-15-10(13)14)8-4-2-1-3-5-8/h1-5H,6-7H2. The molecule has 0 saturated carbocycles. The van der Waals surface area contributed by atoms with E-state index < -0.39 is 12.4 Å². The van der Waals surface area contributed by atoms with Crippen LogP contribution in [0.4, 0.5) is 4.39 Å². The Hall–Kier alpha value is -1.91. The van der Waals surface area contributed by atoms with E-state index in [1.165, 1.54) is 4.57 Å². The number of rotatable bonds is 3. The first kappa shape index (κ1) is 9.64. The van der Waals surface area contributed by atoms with Crippen LogP contribution in [0.5, 0.6) is 0 Å². The molecule has 0 radical (unpaired) electrons. The van der Waals surface area contributed by atoms with Gasteiger partial charge in [-0.3, -0.25) is 9.09 Å². The first-order valence-corrected chi connectivity index (χ1v) is 4.51. The predicted molar refractivity (Wildman–Crippen MR) is 52.2 cm³/mol. The highest BCUT2D eigenvalue weighted by atomic mass is 19.1. The quantitative estimate of drug-likeness (QED) is 0.767. The maximum atomic E-state index is 12.2. The van der Waals surface area contributed by atoms with Gasteiger partial charge in [-0.25, -0.2) is 9.18 Å². The number of alkyl halides is 1. The molecule has 0 aliphatic rings. The molecule has 1 aromatic heterocycles. The molecular weight excluding hydrogens is 199 g/mol. The Balaban J connectivity index is 2.49. The van der Waals surface area contributed by atoms with Crippen molar-refractivity contribution in [3.8, 4) is 11.4 Å². The molecular formula is C10H9FN2O2. The van der Waals surface area contributed by atoms with Gasteiger partial charge in [-0.1, -0.05) is 35.5 Å². The van der Waals surface area contributed by atoms with Gasteiger partial charge >= 0.3 is 5.76 Å². The summed E-state index contributed by atoms with van der Waals surface area (Å²) in [7, 11) is 0. The summed E-state index contributed by atoms with van der Waals surface area (Å²) < 4.78 is 17.9. The maximum Gasteiger partial charge on any atom is 0.441 e. The Morgan fingerprint density at radius 1 is 1.33 bits per heavy atom. The summed E-state index contributed by atoms with van der Waals surface area (Å²) in [5.41, 5.74) is 0.733. The van der Waals surface area contributed by atoms with Crippen LogP contribution in [0.15, 0.2) is 39.6 Å². The topological polar surface area (TPSA) is 48.0 Å². The molecule has 0 fully saturated rings. The number of hydrogen-bond donors (Lipinski definition) is 0. The van der Waals surface area contributed by atoms with Gasteiger partial charge in [-0.2, -0.15) is 0 Å². The van der Waals surface area contributed by atoms with Crippen molar-refractivity contribution in [3.05, 3.63) is 40.9 Å². The van der Waals surface area contributed by atoms with Crippen LogP contribution < -0.4 is 5.76 Å². The van der Waals surface area contributed by atoms with Gasteiger partial charge in [0.2, 0.25) is 0 Å². The zero-order chi connectivity index (χ0) is 10.7. The van der Waals surface area contributed by atoms with Crippen molar-refractivity contribution in [2.75, 3.05) is 6.67 Å². The average Bonchev–Trinajstić information content (AvgIpc) is 2.63. The van der Waals surface area contributed by atoms with E-state index in [9.17, 15) is 9.18 Å². The third-order valence-corrected chi connectivity index (χ3v) is 2.03. The fourth-order valence-corrected chi connectivity index (χ4v) is 1.34. The predicted octanol–water partition coefficient (Wildman–Crippen LogP) is 1.47. The van der Waals surface area contributed by atoms with Gasteiger partial charge in [0.1, 0.15) is 6.67 Å². The third-order valence-electron chi connectivity index (χ3n) is 2.03. The van der Waals surface area contributed by atoms with Gasteiger partial charge in [-0.05, 0) is 0 Å². The van der Waals surface area contributed by atoms with Crippen molar-refractivity contribution >= 4 is 0 Å². The molecule has 0 spiro atoms. The van der Waals surface area contributed by atoms with E-state index in [0.717, 1.165) is 5.56 Å². The Labute approximate surface area is 84.9 Å². The van der Waals surface area contributed by atoms with Crippen molar-refractivity contribution < 1.29 is 8.91 Å². The minimum Gasteiger partial charge on any atom is -0.295 e. The number of halogens is 1. The summed E-state index contributed by atoms with van der Waals surface area (Å²) in [6, 6.07) is 9.04. The number of hydrogen-bond acceptors (Lipinski definition) is 3. The lowest BCUT2D eigenvalue weighted by Crippen LogP contribution is -2.16. The summed E-state index contributed by atoms with van der Waals surface area (Å²) in [4.78, 5) is 11.2. The molecule has 0 saturated heterocycles. The molecule has 78 valence electrons. The Bertz CT molecular complexity index is 490. The monoisotopic (exact) mass is 208 g/mol. The van der Waals surface area contributed by atoms with E-state index >= 15 is 0 Å². The molecule has 2 aromatic rings. The van der Waals surface area contributed by atoms with E-state index in [1.54, 1.807) is 12.1 Å². The van der Waals surface area contributed by atoms with Crippen LogP contribution >= 0.6 is 0 Å². The molecule has 5 heteroatoms. The molecule has 0 unspecified atom stereocenters. The molecule has 0 amide bonds. The molecule has 15 heavy (non-hydrogen) atoms. The molecule has 2 rings (SSSR count). The second kappa shape index (κ2) is 4.08. The van der Waals surface area contributed by atoms with E-state index in [4.69, 9.17) is 0 Å². The second-order valence-electron chi connectivity index (χ2n) is 2.98. The van der Waals surface area contributed by atoms with Crippen molar-refractivity contribution in [2.45, 2.75) is 6.54 Å². The summed E-state index contributed by atoms with van der Waals surface area (Å²) in [5, 5.41) is 3.61. The van der Waals surface area contributed by atoms with Crippen LogP contribution in [0, 0.1) is 0 Å². The highest BCUT2D eigenvalue weighted by molar-refractivity contribution is 5.54. The number of benzene rings is 1. The maximum absolute atomic E-state index is 12.2. The summed E-state index contributed by atoms with van der Waals surface area (Å²) in [5.74, 6) is -0.273. The average molecular weight is 208 g/mol. The van der Waals surface area contributed by atoms with Crippen LogP contribution in [-0.4, -0.2) is 16.4 Å². The second-order valence-corrected chi connectivity index (χ2v) is 2.98. The van der Waals surface area contributed by atoms with Gasteiger partial charge in [0, 0.05) is 5.56 Å². The van der Waals surface area contributed by atoms with Crippen LogP contribution in [0.2, 0.25) is 0 Å². The van der Waals surface area contributed by atoms with E-state index in [1.807, 2.05) is 18.2 Å². The van der Waals surface area contributed by atoms with Crippen molar-refractivity contribution in [2.24, 2.45) is 0 Å². The van der Waals surface area contributed by atoms with Gasteiger partial charge in [0.05, 0.1) is 6.54 Å². The van der Waals surface area contributed by atoms with Crippen LogP contribution in [0.1, 0.15) is 0 Å². The smallest absolute Gasteiger partial charge is 0.295 e. The normalized spacial score (nSPS) is 10.5. The zero-order valence-electron chi connectivity index (χ0n) is 7.89. The van der Waals surface area contributed by atoms with Crippen molar-refractivity contribution in [1.29, 1.82) is 0 Å². The lowest BCUT2D eigenvalue weighted by atomic mass is 10.2. The lowest BCUT2D eigenvalue weighted by molar-refractivity contribution is 0.365. The first-order chi connectivity index (χ1) is 7.33. The molecule has 1 aromatic carbocycles. The van der Waals surface area contributed by atoms with Crippen LogP contribution in [0.25, 0.3) is 11.4 Å². The van der Waals surface area contributed by atoms with Gasteiger partial charge in [0.25, 0.3) is 0 Å². The van der Waals surface area contributed by atoms with Crippen LogP contribution in [-0.2, 0) is 6.54 Å². The largest absolute Gasteiger partial charge is 0.441 e. The zero-order valence-corrected chi connectivity index (χ0v) is 7.89. The molecule has 0 atom stereocenters. The SMILES string of the molecule is O=c1onc(-c2ccccc2)n1CCF. The molecule has 0 aliphatic carbocycles. The number of aromatic nitrogens is 2. The lowest BCUT2D eigenvalue weighted by Gasteiger charge is -2.00. The van der Waals surface area contributed by atoms with Gasteiger partial charge < -0.3 is 0 Å². The fraction of sp³-hybridized carbons (Fsp3) is 0.200. The van der Waals surface area contributed by atoms with Crippen LogP contribution in [0.3, 0.4) is 0 Å². The molecule has 1 heterocycles. The Kier molecular flexibility index (Phi) is 2.62. The molecule has 4 nitrogen and oxygen atoms in total. The number of nitrogens with zero attached hydrogens (tertiary/aromatic N) is 2. The molecule has 0 aliphatic heterocycles. The van der Waals surface area contributed by atoms with E-state index in [-0.39, 0.29) is 6.54 Å². The van der Waals surface area contributed by atoms with E-state index in [0.29, 0.717) is 5.82 Å². The Morgan fingerprint density at radius 3 is 2.73 bits per heavy atom. The van der Waals surface area contributed by atoms with Gasteiger partial charge in [0.15, 0.2) is 5.82 Å². The minimum absolute atomic E-state index is 0.0352. The van der Waals surface area contributed by atoms with E-state index in [2.05, 4.69) is 9.68 Å². The minimum atomic E-state index is -0.633. The first-order valence-electron chi connectivity index (χ1n) is 4.51. The fourth-order valence-electron chi connectivity index (χ4n) is 1.34.